The molecule has 1 aromatic rings. The summed E-state index contributed by atoms with van der Waals surface area (Å²) in [5.41, 5.74) is 1.07. The Kier molecular flexibility index (Phi) is 4.42. The molecule has 0 saturated heterocycles. The lowest BCUT2D eigenvalue weighted by Gasteiger charge is -2.20. The maximum Gasteiger partial charge on any atom is 0.230 e. The third kappa shape index (κ3) is 4.71. The predicted octanol–water partition coefficient (Wildman–Crippen LogP) is 3.00. The number of nitrogens with one attached hydrogen (secondary N) is 1. The molecular formula is C13H19NOS. The molecule has 0 heterocycles. The molecule has 0 atom stereocenters. The first-order valence-corrected chi connectivity index (χ1v) is 6.36. The zero-order chi connectivity index (χ0) is 12.2. The van der Waals surface area contributed by atoms with Crippen LogP contribution in [0.25, 0.3) is 0 Å². The number of hydrogen-bond donors (Lipinski definition) is 1. The molecule has 1 rings (SSSR count). The second kappa shape index (κ2) is 5.39. The molecule has 0 spiro atoms. The van der Waals surface area contributed by atoms with E-state index in [1.165, 1.54) is 10.5 Å². The van der Waals surface area contributed by atoms with Crippen molar-refractivity contribution in [3.63, 3.8) is 0 Å². The third-order valence-corrected chi connectivity index (χ3v) is 3.14. The van der Waals surface area contributed by atoms with Gasteiger partial charge >= 0.3 is 0 Å². The molecule has 0 aliphatic rings. The topological polar surface area (TPSA) is 29.1 Å². The van der Waals surface area contributed by atoms with E-state index in [9.17, 15) is 4.79 Å². The third-order valence-electron chi connectivity index (χ3n) is 1.97. The average Bonchev–Trinajstić information content (AvgIpc) is 2.14. The first-order chi connectivity index (χ1) is 7.38. The van der Waals surface area contributed by atoms with Gasteiger partial charge < -0.3 is 5.32 Å². The number of benzene rings is 1. The van der Waals surface area contributed by atoms with E-state index in [0.717, 1.165) is 0 Å². The zero-order valence-electron chi connectivity index (χ0n) is 10.3. The molecule has 0 saturated carbocycles. The van der Waals surface area contributed by atoms with Crippen LogP contribution in [0, 0.1) is 6.92 Å². The largest absolute Gasteiger partial charge is 0.351 e. The van der Waals surface area contributed by atoms with E-state index in [0.29, 0.717) is 5.75 Å². The van der Waals surface area contributed by atoms with Crippen molar-refractivity contribution in [2.75, 3.05) is 5.75 Å². The summed E-state index contributed by atoms with van der Waals surface area (Å²) in [5.74, 6) is 0.558. The number of carbonyl (C=O) groups excluding carboxylic acids is 1. The van der Waals surface area contributed by atoms with Gasteiger partial charge in [0.1, 0.15) is 0 Å². The minimum atomic E-state index is -0.149. The van der Waals surface area contributed by atoms with Crippen molar-refractivity contribution >= 4 is 17.7 Å². The van der Waals surface area contributed by atoms with E-state index in [1.54, 1.807) is 11.8 Å². The zero-order valence-corrected chi connectivity index (χ0v) is 11.1. The second-order valence-electron chi connectivity index (χ2n) is 4.85. The van der Waals surface area contributed by atoms with Gasteiger partial charge in [-0.25, -0.2) is 0 Å². The van der Waals surface area contributed by atoms with E-state index in [-0.39, 0.29) is 11.4 Å². The molecule has 3 heteroatoms. The van der Waals surface area contributed by atoms with E-state index in [4.69, 9.17) is 0 Å². The van der Waals surface area contributed by atoms with E-state index in [1.807, 2.05) is 39.0 Å². The number of aryl methyl sites for hydroxylation is 1. The van der Waals surface area contributed by atoms with Crippen molar-refractivity contribution < 1.29 is 4.79 Å². The highest BCUT2D eigenvalue weighted by atomic mass is 32.2. The van der Waals surface area contributed by atoms with Crippen molar-refractivity contribution in [3.05, 3.63) is 29.8 Å². The number of rotatable bonds is 3. The molecule has 2 nitrogen and oxygen atoms in total. The van der Waals surface area contributed by atoms with Gasteiger partial charge in [-0.15, -0.1) is 11.8 Å². The summed E-state index contributed by atoms with van der Waals surface area (Å²) in [4.78, 5) is 12.8. The van der Waals surface area contributed by atoms with E-state index < -0.39 is 0 Å². The normalized spacial score (nSPS) is 11.2. The quantitative estimate of drug-likeness (QED) is 0.819. The van der Waals surface area contributed by atoms with Crippen LogP contribution in [0.4, 0.5) is 0 Å². The molecule has 0 radical (unpaired) electrons. The smallest absolute Gasteiger partial charge is 0.230 e. The molecule has 0 aliphatic carbocycles. The summed E-state index contributed by atoms with van der Waals surface area (Å²) in [6, 6.07) is 8.11. The molecule has 0 unspecified atom stereocenters. The second-order valence-corrected chi connectivity index (χ2v) is 5.87. The molecule has 1 amide bonds. The summed E-state index contributed by atoms with van der Waals surface area (Å²) < 4.78 is 0. The Morgan fingerprint density at radius 1 is 1.31 bits per heavy atom. The maximum atomic E-state index is 11.6. The summed E-state index contributed by atoms with van der Waals surface area (Å²) >= 11 is 1.58. The van der Waals surface area contributed by atoms with Crippen molar-refractivity contribution in [2.24, 2.45) is 0 Å². The molecule has 0 aromatic heterocycles. The van der Waals surface area contributed by atoms with Gasteiger partial charge in [0, 0.05) is 10.4 Å². The Balaban J connectivity index is 2.47. The van der Waals surface area contributed by atoms with Crippen LogP contribution in [-0.2, 0) is 4.79 Å². The van der Waals surface area contributed by atoms with Gasteiger partial charge in [0.25, 0.3) is 0 Å². The van der Waals surface area contributed by atoms with Crippen LogP contribution in [0.2, 0.25) is 0 Å². The highest BCUT2D eigenvalue weighted by molar-refractivity contribution is 8.00. The SMILES string of the molecule is Cc1ccccc1SCC(=O)NC(C)(C)C. The molecule has 0 bridgehead atoms. The van der Waals surface area contributed by atoms with Gasteiger partial charge in [-0.05, 0) is 39.3 Å². The molecule has 88 valence electrons. The van der Waals surface area contributed by atoms with Crippen LogP contribution >= 0.6 is 11.8 Å². The molecule has 0 aliphatic heterocycles. The van der Waals surface area contributed by atoms with Crippen LogP contribution in [0.5, 0.6) is 0 Å². The van der Waals surface area contributed by atoms with Crippen LogP contribution in [-0.4, -0.2) is 17.2 Å². The van der Waals surface area contributed by atoms with Crippen LogP contribution in [0.3, 0.4) is 0 Å². The molecule has 1 aromatic carbocycles. The lowest BCUT2D eigenvalue weighted by Crippen LogP contribution is -2.41. The molecular weight excluding hydrogens is 218 g/mol. The van der Waals surface area contributed by atoms with Crippen molar-refractivity contribution in [1.29, 1.82) is 0 Å². The van der Waals surface area contributed by atoms with Gasteiger partial charge in [-0.3, -0.25) is 4.79 Å². The van der Waals surface area contributed by atoms with Crippen molar-refractivity contribution in [3.8, 4) is 0 Å². The number of carbonyl (C=O) groups is 1. The van der Waals surface area contributed by atoms with Crippen LogP contribution < -0.4 is 5.32 Å². The minimum absolute atomic E-state index is 0.0840. The first-order valence-electron chi connectivity index (χ1n) is 5.38. The fourth-order valence-corrected chi connectivity index (χ4v) is 2.15. The maximum absolute atomic E-state index is 11.6. The molecule has 0 fully saturated rings. The Hall–Kier alpha value is -0.960. The van der Waals surface area contributed by atoms with Crippen LogP contribution in [0.15, 0.2) is 29.2 Å². The van der Waals surface area contributed by atoms with Gasteiger partial charge in [0.15, 0.2) is 0 Å². The van der Waals surface area contributed by atoms with Gasteiger partial charge in [0.2, 0.25) is 5.91 Å². The van der Waals surface area contributed by atoms with Crippen LogP contribution in [0.1, 0.15) is 26.3 Å². The Morgan fingerprint density at radius 3 is 2.50 bits per heavy atom. The first kappa shape index (κ1) is 13.1. The molecule has 1 N–H and O–H groups in total. The van der Waals surface area contributed by atoms with E-state index in [2.05, 4.69) is 18.3 Å². The summed E-state index contributed by atoms with van der Waals surface area (Å²) in [7, 11) is 0. The average molecular weight is 237 g/mol. The highest BCUT2D eigenvalue weighted by Gasteiger charge is 2.13. The fourth-order valence-electron chi connectivity index (χ4n) is 1.32. The standard InChI is InChI=1S/C13H19NOS/c1-10-7-5-6-8-11(10)16-9-12(15)14-13(2,3)4/h5-8H,9H2,1-4H3,(H,14,15). The minimum Gasteiger partial charge on any atom is -0.351 e. The monoisotopic (exact) mass is 237 g/mol. The highest BCUT2D eigenvalue weighted by Crippen LogP contribution is 2.21. The fraction of sp³-hybridized carbons (Fsp3) is 0.462. The Bertz CT molecular complexity index is 368. The van der Waals surface area contributed by atoms with Gasteiger partial charge in [0.05, 0.1) is 5.75 Å². The number of amides is 1. The van der Waals surface area contributed by atoms with E-state index >= 15 is 0 Å². The number of hydrogen-bond acceptors (Lipinski definition) is 2. The summed E-state index contributed by atoms with van der Waals surface area (Å²) in [6.07, 6.45) is 0. The Morgan fingerprint density at radius 2 is 1.94 bits per heavy atom. The van der Waals surface area contributed by atoms with Crippen molar-refractivity contribution in [2.45, 2.75) is 38.1 Å². The lowest BCUT2D eigenvalue weighted by atomic mass is 10.1. The predicted molar refractivity (Wildman–Crippen MR) is 69.8 cm³/mol. The molecule has 16 heavy (non-hydrogen) atoms. The lowest BCUT2D eigenvalue weighted by molar-refractivity contribution is -0.119. The Labute approximate surface area is 102 Å². The van der Waals surface area contributed by atoms with Gasteiger partial charge in [-0.1, -0.05) is 18.2 Å². The number of thioether (sulfide) groups is 1. The van der Waals surface area contributed by atoms with Gasteiger partial charge in [-0.2, -0.15) is 0 Å². The van der Waals surface area contributed by atoms with Crippen molar-refractivity contribution in [1.82, 2.24) is 5.32 Å². The summed E-state index contributed by atoms with van der Waals surface area (Å²) in [6.45, 7) is 8.03. The summed E-state index contributed by atoms with van der Waals surface area (Å²) in [5, 5.41) is 2.95.